The summed E-state index contributed by atoms with van der Waals surface area (Å²) >= 11 is 0. The predicted molar refractivity (Wildman–Crippen MR) is 124 cm³/mol. The molecule has 0 aromatic heterocycles. The van der Waals surface area contributed by atoms with E-state index in [1.165, 1.54) is 0 Å². The number of benzene rings is 2. The van der Waals surface area contributed by atoms with Crippen LogP contribution in [0.3, 0.4) is 0 Å². The van der Waals surface area contributed by atoms with Crippen LogP contribution in [0.1, 0.15) is 36.5 Å². The van der Waals surface area contributed by atoms with Crippen LogP contribution in [0.25, 0.3) is 0 Å². The molecule has 2 aromatic carbocycles. The third kappa shape index (κ3) is 5.02. The summed E-state index contributed by atoms with van der Waals surface area (Å²) < 4.78 is 16.0. The number of methoxy groups -OCH3 is 1. The Hall–Kier alpha value is -3.54. The molecule has 0 fully saturated rings. The maximum Gasteiger partial charge on any atom is 0.336 e. The molecule has 2 aromatic rings. The van der Waals surface area contributed by atoms with Crippen LogP contribution in [0.5, 0.6) is 5.75 Å². The van der Waals surface area contributed by atoms with Crippen LogP contribution in [-0.2, 0) is 19.1 Å². The molecule has 0 amide bonds. The number of nitrogens with zero attached hydrogens (tertiary/aromatic N) is 1. The predicted octanol–water partition coefficient (Wildman–Crippen LogP) is 4.81. The van der Waals surface area contributed by atoms with Crippen molar-refractivity contribution in [3.8, 4) is 5.75 Å². The summed E-state index contributed by atoms with van der Waals surface area (Å²) in [5.74, 6) is -0.888. The minimum atomic E-state index is -0.624. The number of hydrogen-bond donors (Lipinski definition) is 0. The van der Waals surface area contributed by atoms with E-state index in [1.807, 2.05) is 38.1 Å². The second-order valence-electron chi connectivity index (χ2n) is 7.57. The van der Waals surface area contributed by atoms with Gasteiger partial charge in [-0.1, -0.05) is 18.2 Å². The highest BCUT2D eigenvalue weighted by molar-refractivity contribution is 6.00. The summed E-state index contributed by atoms with van der Waals surface area (Å²) in [6.45, 7) is 7.99. The van der Waals surface area contributed by atoms with Crippen molar-refractivity contribution < 1.29 is 23.8 Å². The number of esters is 2. The van der Waals surface area contributed by atoms with E-state index in [9.17, 15) is 9.59 Å². The van der Waals surface area contributed by atoms with Crippen molar-refractivity contribution in [1.82, 2.24) is 0 Å². The lowest BCUT2D eigenvalue weighted by molar-refractivity contribution is -0.139. The largest absolute Gasteiger partial charge is 0.497 e. The van der Waals surface area contributed by atoms with E-state index < -0.39 is 17.9 Å². The lowest BCUT2D eigenvalue weighted by Gasteiger charge is -2.30. The van der Waals surface area contributed by atoms with Crippen molar-refractivity contribution in [2.75, 3.05) is 25.2 Å². The molecule has 1 aliphatic rings. The van der Waals surface area contributed by atoms with Crippen LogP contribution in [0.2, 0.25) is 0 Å². The summed E-state index contributed by atoms with van der Waals surface area (Å²) in [6, 6.07) is 13.4. The van der Waals surface area contributed by atoms with Gasteiger partial charge in [0, 0.05) is 18.1 Å². The molecule has 0 saturated carbocycles. The van der Waals surface area contributed by atoms with Gasteiger partial charge in [0.15, 0.2) is 0 Å². The molecule has 0 aliphatic carbocycles. The SMILES string of the molecule is CCOC(=O)C1=CN(c2cc(C)cc(C)c2)C=C(C(=O)OCC)C1c1ccc(OC)cc1. The first-order chi connectivity index (χ1) is 15.4. The lowest BCUT2D eigenvalue weighted by Crippen LogP contribution is -2.29. The van der Waals surface area contributed by atoms with Crippen LogP contribution >= 0.6 is 0 Å². The molecule has 6 heteroatoms. The van der Waals surface area contributed by atoms with E-state index in [1.54, 1.807) is 50.4 Å². The first-order valence-electron chi connectivity index (χ1n) is 10.7. The van der Waals surface area contributed by atoms with Crippen LogP contribution in [0.15, 0.2) is 66.0 Å². The highest BCUT2D eigenvalue weighted by Gasteiger charge is 2.36. The van der Waals surface area contributed by atoms with Crippen molar-refractivity contribution in [3.63, 3.8) is 0 Å². The van der Waals surface area contributed by atoms with E-state index in [4.69, 9.17) is 14.2 Å². The van der Waals surface area contributed by atoms with Gasteiger partial charge in [0.2, 0.25) is 0 Å². The first kappa shape index (κ1) is 23.1. The standard InChI is InChI=1S/C26H29NO5/c1-6-31-25(28)22-15-27(20-13-17(3)12-18(4)14-20)16-23(26(29)32-7-2)24(22)19-8-10-21(30-5)11-9-19/h8-16,24H,6-7H2,1-5H3. The highest BCUT2D eigenvalue weighted by atomic mass is 16.5. The van der Waals surface area contributed by atoms with Gasteiger partial charge < -0.3 is 19.1 Å². The monoisotopic (exact) mass is 435 g/mol. The molecule has 32 heavy (non-hydrogen) atoms. The molecule has 0 atom stereocenters. The van der Waals surface area contributed by atoms with Gasteiger partial charge in [-0.25, -0.2) is 9.59 Å². The van der Waals surface area contributed by atoms with Gasteiger partial charge in [-0.15, -0.1) is 0 Å². The van der Waals surface area contributed by atoms with Crippen LogP contribution in [0, 0.1) is 13.8 Å². The molecule has 168 valence electrons. The Labute approximate surface area is 189 Å². The fourth-order valence-electron chi connectivity index (χ4n) is 3.83. The van der Waals surface area contributed by atoms with Gasteiger partial charge in [0.05, 0.1) is 37.4 Å². The highest BCUT2D eigenvalue weighted by Crippen LogP contribution is 2.39. The Morgan fingerprint density at radius 2 is 1.34 bits per heavy atom. The molecular formula is C26H29NO5. The summed E-state index contributed by atoms with van der Waals surface area (Å²) in [7, 11) is 1.59. The zero-order chi connectivity index (χ0) is 23.3. The van der Waals surface area contributed by atoms with E-state index in [-0.39, 0.29) is 13.2 Å². The number of carbonyl (C=O) groups is 2. The minimum absolute atomic E-state index is 0.230. The molecule has 1 aliphatic heterocycles. The Kier molecular flexibility index (Phi) is 7.36. The van der Waals surface area contributed by atoms with E-state index in [2.05, 4.69) is 6.07 Å². The van der Waals surface area contributed by atoms with Crippen molar-refractivity contribution >= 4 is 17.6 Å². The third-order valence-electron chi connectivity index (χ3n) is 5.15. The number of anilines is 1. The van der Waals surface area contributed by atoms with Crippen LogP contribution in [-0.4, -0.2) is 32.3 Å². The number of aryl methyl sites for hydroxylation is 2. The van der Waals surface area contributed by atoms with Crippen LogP contribution < -0.4 is 9.64 Å². The summed E-state index contributed by atoms with van der Waals surface area (Å²) in [5, 5.41) is 0. The molecule has 3 rings (SSSR count). The maximum atomic E-state index is 13.0. The van der Waals surface area contributed by atoms with Crippen molar-refractivity contribution in [2.24, 2.45) is 0 Å². The molecule has 0 spiro atoms. The zero-order valence-electron chi connectivity index (χ0n) is 19.2. The van der Waals surface area contributed by atoms with Gasteiger partial charge in [0.1, 0.15) is 5.75 Å². The molecule has 6 nitrogen and oxygen atoms in total. The number of rotatable bonds is 7. The fraction of sp³-hybridized carbons (Fsp3) is 0.308. The molecule has 0 bridgehead atoms. The molecule has 1 heterocycles. The van der Waals surface area contributed by atoms with Crippen molar-refractivity contribution in [1.29, 1.82) is 0 Å². The summed E-state index contributed by atoms with van der Waals surface area (Å²) in [4.78, 5) is 27.8. The Morgan fingerprint density at radius 3 is 1.78 bits per heavy atom. The van der Waals surface area contributed by atoms with E-state index in [0.717, 1.165) is 22.4 Å². The van der Waals surface area contributed by atoms with E-state index in [0.29, 0.717) is 16.9 Å². The van der Waals surface area contributed by atoms with Crippen LogP contribution in [0.4, 0.5) is 5.69 Å². The number of ether oxygens (including phenoxy) is 3. The smallest absolute Gasteiger partial charge is 0.336 e. The van der Waals surface area contributed by atoms with Gasteiger partial charge in [-0.2, -0.15) is 0 Å². The summed E-state index contributed by atoms with van der Waals surface area (Å²) in [6.07, 6.45) is 3.48. The molecule has 0 radical (unpaired) electrons. The van der Waals surface area contributed by atoms with Gasteiger partial charge in [0.25, 0.3) is 0 Å². The topological polar surface area (TPSA) is 65.1 Å². The minimum Gasteiger partial charge on any atom is -0.497 e. The third-order valence-corrected chi connectivity index (χ3v) is 5.15. The second-order valence-corrected chi connectivity index (χ2v) is 7.57. The average Bonchev–Trinajstić information content (AvgIpc) is 2.78. The molecule has 0 N–H and O–H groups in total. The van der Waals surface area contributed by atoms with E-state index >= 15 is 0 Å². The molecule has 0 saturated heterocycles. The zero-order valence-corrected chi connectivity index (χ0v) is 19.2. The number of carbonyl (C=O) groups excluding carboxylic acids is 2. The average molecular weight is 436 g/mol. The Balaban J connectivity index is 2.18. The van der Waals surface area contributed by atoms with Crippen molar-refractivity contribution in [2.45, 2.75) is 33.6 Å². The Bertz CT molecular complexity index is 996. The number of hydrogen-bond acceptors (Lipinski definition) is 6. The fourth-order valence-corrected chi connectivity index (χ4v) is 3.83. The molecule has 0 unspecified atom stereocenters. The quantitative estimate of drug-likeness (QED) is 0.582. The lowest BCUT2D eigenvalue weighted by atomic mass is 9.83. The Morgan fingerprint density at radius 1 is 0.844 bits per heavy atom. The molecular weight excluding hydrogens is 406 g/mol. The maximum absolute atomic E-state index is 13.0. The normalized spacial score (nSPS) is 13.8. The first-order valence-corrected chi connectivity index (χ1v) is 10.7. The van der Waals surface area contributed by atoms with Crippen molar-refractivity contribution in [3.05, 3.63) is 82.7 Å². The van der Waals surface area contributed by atoms with Gasteiger partial charge in [-0.3, -0.25) is 0 Å². The van der Waals surface area contributed by atoms with Gasteiger partial charge in [-0.05, 0) is 68.7 Å². The summed E-state index contributed by atoms with van der Waals surface area (Å²) in [5.41, 5.74) is 4.50. The second kappa shape index (κ2) is 10.2. The van der Waals surface area contributed by atoms with Gasteiger partial charge >= 0.3 is 11.9 Å².